The van der Waals surface area contributed by atoms with Crippen LogP contribution in [0.5, 0.6) is 0 Å². The summed E-state index contributed by atoms with van der Waals surface area (Å²) in [6.45, 7) is 0. The van der Waals surface area contributed by atoms with Gasteiger partial charge in [0.25, 0.3) is 5.91 Å². The van der Waals surface area contributed by atoms with Gasteiger partial charge in [0.2, 0.25) is 0 Å². The number of nitrogens with zero attached hydrogens (tertiary/aromatic N) is 2. The zero-order chi connectivity index (χ0) is 18.0. The highest BCUT2D eigenvalue weighted by atomic mass is 32.2. The van der Waals surface area contributed by atoms with Crippen molar-refractivity contribution >= 4 is 46.3 Å². The molecule has 1 fully saturated rings. The van der Waals surface area contributed by atoms with Crippen molar-refractivity contribution in [2.45, 2.75) is 12.5 Å². The summed E-state index contributed by atoms with van der Waals surface area (Å²) in [6.07, 6.45) is 5.70. The Morgan fingerprint density at radius 2 is 2.04 bits per heavy atom. The lowest BCUT2D eigenvalue weighted by atomic mass is 10.0. The van der Waals surface area contributed by atoms with Gasteiger partial charge in [0.15, 0.2) is 0 Å². The number of aryl methyl sites for hydroxylation is 1. The second-order valence-corrected chi connectivity index (χ2v) is 7.38. The first-order valence-corrected chi connectivity index (χ1v) is 8.84. The maximum Gasteiger partial charge on any atom is 0.327 e. The highest BCUT2D eigenvalue weighted by molar-refractivity contribution is 8.26. The third-order valence-electron chi connectivity index (χ3n) is 3.84. The van der Waals surface area contributed by atoms with Crippen molar-refractivity contribution < 1.29 is 14.7 Å². The Kier molecular flexibility index (Phi) is 5.06. The van der Waals surface area contributed by atoms with E-state index in [0.29, 0.717) is 4.91 Å². The van der Waals surface area contributed by atoms with E-state index in [1.165, 1.54) is 4.90 Å². The molecule has 0 saturated carbocycles. The molecule has 1 aliphatic rings. The largest absolute Gasteiger partial charge is 0.480 e. The van der Waals surface area contributed by atoms with Crippen LogP contribution in [0.3, 0.4) is 0 Å². The van der Waals surface area contributed by atoms with Crippen molar-refractivity contribution in [3.8, 4) is 0 Å². The van der Waals surface area contributed by atoms with E-state index in [-0.39, 0.29) is 16.6 Å². The van der Waals surface area contributed by atoms with Gasteiger partial charge in [-0.3, -0.25) is 9.69 Å². The topological polar surface area (TPSA) is 62.5 Å². The van der Waals surface area contributed by atoms with E-state index in [0.717, 1.165) is 22.9 Å². The van der Waals surface area contributed by atoms with Crippen LogP contribution in [0.15, 0.2) is 53.7 Å². The molecule has 1 aliphatic heterocycles. The lowest BCUT2D eigenvalue weighted by Gasteiger charge is -2.23. The Morgan fingerprint density at radius 3 is 2.64 bits per heavy atom. The second kappa shape index (κ2) is 7.25. The van der Waals surface area contributed by atoms with Gasteiger partial charge in [-0.05, 0) is 23.3 Å². The molecule has 1 aromatic heterocycles. The number of hydrogen-bond donors (Lipinski definition) is 1. The molecule has 25 heavy (non-hydrogen) atoms. The SMILES string of the molecule is Cn1ccc(/C=C2/SC(=S)N(C(Cc3ccccc3)C(=O)O)C2=O)c1. The van der Waals surface area contributed by atoms with E-state index in [1.54, 1.807) is 6.08 Å². The van der Waals surface area contributed by atoms with Crippen LogP contribution in [0.1, 0.15) is 11.1 Å². The van der Waals surface area contributed by atoms with Crippen LogP contribution in [-0.4, -0.2) is 36.8 Å². The van der Waals surface area contributed by atoms with Crippen LogP contribution < -0.4 is 0 Å². The third-order valence-corrected chi connectivity index (χ3v) is 5.18. The molecular formula is C18H16N2O3S2. The Balaban J connectivity index is 1.86. The van der Waals surface area contributed by atoms with E-state index in [9.17, 15) is 14.7 Å². The average molecular weight is 372 g/mol. The van der Waals surface area contributed by atoms with E-state index >= 15 is 0 Å². The normalized spacial score (nSPS) is 17.3. The Morgan fingerprint density at radius 1 is 1.32 bits per heavy atom. The number of aromatic nitrogens is 1. The molecule has 1 unspecified atom stereocenters. The molecule has 0 aliphatic carbocycles. The fourth-order valence-electron chi connectivity index (χ4n) is 2.64. The predicted octanol–water partition coefficient (Wildman–Crippen LogP) is 2.92. The number of benzene rings is 1. The zero-order valence-electron chi connectivity index (χ0n) is 13.5. The summed E-state index contributed by atoms with van der Waals surface area (Å²) < 4.78 is 2.15. The molecule has 128 valence electrons. The number of thioether (sulfide) groups is 1. The highest BCUT2D eigenvalue weighted by Gasteiger charge is 2.40. The number of hydrogen-bond acceptors (Lipinski definition) is 4. The Labute approximate surface area is 154 Å². The van der Waals surface area contributed by atoms with Crippen LogP contribution in [0.4, 0.5) is 0 Å². The van der Waals surface area contributed by atoms with Crippen molar-refractivity contribution in [1.29, 1.82) is 0 Å². The van der Waals surface area contributed by atoms with E-state index in [4.69, 9.17) is 12.2 Å². The van der Waals surface area contributed by atoms with Gasteiger partial charge < -0.3 is 9.67 Å². The molecule has 2 aromatic rings. The average Bonchev–Trinajstić information content (AvgIpc) is 3.10. The summed E-state index contributed by atoms with van der Waals surface area (Å²) >= 11 is 6.42. The number of thiocarbonyl (C=S) groups is 1. The molecule has 1 aromatic carbocycles. The number of amides is 1. The van der Waals surface area contributed by atoms with Gasteiger partial charge in [0, 0.05) is 25.9 Å². The Hall–Kier alpha value is -2.38. The summed E-state index contributed by atoms with van der Waals surface area (Å²) in [7, 11) is 1.89. The van der Waals surface area contributed by atoms with Crippen LogP contribution in [-0.2, 0) is 23.1 Å². The standard InChI is InChI=1S/C18H16N2O3S2/c1-19-8-7-13(11-19)10-15-16(21)20(18(24)25-15)14(17(22)23)9-12-5-3-2-4-6-12/h2-8,10-11,14H,9H2,1H3,(H,22,23)/b15-10+. The maximum absolute atomic E-state index is 12.7. The predicted molar refractivity (Wildman–Crippen MR) is 102 cm³/mol. The molecule has 2 heterocycles. The van der Waals surface area contributed by atoms with Crippen molar-refractivity contribution in [2.24, 2.45) is 7.05 Å². The zero-order valence-corrected chi connectivity index (χ0v) is 15.1. The summed E-state index contributed by atoms with van der Waals surface area (Å²) in [5, 5.41) is 9.62. The van der Waals surface area contributed by atoms with Crippen molar-refractivity contribution in [3.63, 3.8) is 0 Å². The minimum absolute atomic E-state index is 0.210. The molecule has 0 radical (unpaired) electrons. The van der Waals surface area contributed by atoms with Crippen molar-refractivity contribution in [2.75, 3.05) is 0 Å². The van der Waals surface area contributed by atoms with Crippen molar-refractivity contribution in [1.82, 2.24) is 9.47 Å². The number of carboxylic acids is 1. The first kappa shape index (κ1) is 17.4. The quantitative estimate of drug-likeness (QED) is 0.646. The van der Waals surface area contributed by atoms with Gasteiger partial charge >= 0.3 is 5.97 Å². The molecule has 0 bridgehead atoms. The summed E-state index contributed by atoms with van der Waals surface area (Å²) in [6, 6.07) is 10.1. The van der Waals surface area contributed by atoms with Gasteiger partial charge in [0.1, 0.15) is 10.4 Å². The smallest absolute Gasteiger partial charge is 0.327 e. The molecule has 1 amide bonds. The summed E-state index contributed by atoms with van der Waals surface area (Å²) in [5.41, 5.74) is 1.72. The van der Waals surface area contributed by atoms with Crippen LogP contribution in [0, 0.1) is 0 Å². The highest BCUT2D eigenvalue weighted by Crippen LogP contribution is 2.34. The molecule has 1 N–H and O–H groups in total. The van der Waals surface area contributed by atoms with Crippen LogP contribution in [0.2, 0.25) is 0 Å². The number of carbonyl (C=O) groups is 2. The molecule has 1 atom stereocenters. The number of carbonyl (C=O) groups excluding carboxylic acids is 1. The van der Waals surface area contributed by atoms with Gasteiger partial charge in [-0.15, -0.1) is 0 Å². The summed E-state index contributed by atoms with van der Waals surface area (Å²) in [4.78, 5) is 26.2. The van der Waals surface area contributed by atoms with Gasteiger partial charge in [-0.1, -0.05) is 54.3 Å². The lowest BCUT2D eigenvalue weighted by molar-refractivity contribution is -0.145. The molecule has 7 heteroatoms. The lowest BCUT2D eigenvalue weighted by Crippen LogP contribution is -2.45. The maximum atomic E-state index is 12.7. The van der Waals surface area contributed by atoms with E-state index in [2.05, 4.69) is 0 Å². The Bertz CT molecular complexity index is 858. The molecule has 1 saturated heterocycles. The first-order chi connectivity index (χ1) is 12.0. The number of rotatable bonds is 5. The molecule has 0 spiro atoms. The second-order valence-electron chi connectivity index (χ2n) is 5.71. The fraction of sp³-hybridized carbons (Fsp3) is 0.167. The monoisotopic (exact) mass is 372 g/mol. The molecule has 5 nitrogen and oxygen atoms in total. The van der Waals surface area contributed by atoms with Gasteiger partial charge in [0.05, 0.1) is 4.91 Å². The van der Waals surface area contributed by atoms with E-state index in [1.807, 2.05) is 60.4 Å². The molecule has 3 rings (SSSR count). The van der Waals surface area contributed by atoms with Gasteiger partial charge in [-0.25, -0.2) is 4.79 Å². The number of carboxylic acid groups (broad SMARTS) is 1. The number of aliphatic carboxylic acids is 1. The minimum Gasteiger partial charge on any atom is -0.480 e. The van der Waals surface area contributed by atoms with Crippen molar-refractivity contribution in [3.05, 3.63) is 64.8 Å². The van der Waals surface area contributed by atoms with E-state index < -0.39 is 12.0 Å². The summed E-state index contributed by atoms with van der Waals surface area (Å²) in [5.74, 6) is -1.43. The first-order valence-electron chi connectivity index (χ1n) is 7.61. The third kappa shape index (κ3) is 3.83. The minimum atomic E-state index is -1.07. The fourth-order valence-corrected chi connectivity index (χ4v) is 3.99. The van der Waals surface area contributed by atoms with Crippen LogP contribution in [0.25, 0.3) is 6.08 Å². The van der Waals surface area contributed by atoms with Gasteiger partial charge in [-0.2, -0.15) is 0 Å². The van der Waals surface area contributed by atoms with Crippen LogP contribution >= 0.6 is 24.0 Å². The molecular weight excluding hydrogens is 356 g/mol.